The van der Waals surface area contributed by atoms with E-state index in [1.165, 1.54) is 5.56 Å². The number of carbonyl (C=O) groups is 2. The Morgan fingerprint density at radius 2 is 1.89 bits per heavy atom. The van der Waals surface area contributed by atoms with Crippen molar-refractivity contribution in [3.8, 4) is 0 Å². The van der Waals surface area contributed by atoms with Crippen LogP contribution in [0, 0.1) is 0 Å². The summed E-state index contributed by atoms with van der Waals surface area (Å²) in [5, 5.41) is 11.4. The van der Waals surface area contributed by atoms with Gasteiger partial charge in [-0.1, -0.05) is 35.5 Å². The Morgan fingerprint density at radius 1 is 1.22 bits per heavy atom. The Bertz CT molecular complexity index is 686. The van der Waals surface area contributed by atoms with Crippen LogP contribution in [0.15, 0.2) is 34.9 Å². The summed E-state index contributed by atoms with van der Waals surface area (Å²) >= 11 is 0. The number of primary amides is 1. The highest BCUT2D eigenvalue weighted by molar-refractivity contribution is 5.64. The third kappa shape index (κ3) is 10.6. The van der Waals surface area contributed by atoms with E-state index in [9.17, 15) is 4.79 Å². The summed E-state index contributed by atoms with van der Waals surface area (Å²) in [6, 6.07) is 9.84. The van der Waals surface area contributed by atoms with Crippen LogP contribution in [-0.4, -0.2) is 33.9 Å². The zero-order chi connectivity index (χ0) is 20.1. The van der Waals surface area contributed by atoms with Crippen LogP contribution in [0.3, 0.4) is 0 Å². The van der Waals surface area contributed by atoms with Gasteiger partial charge in [-0.2, -0.15) is 4.98 Å². The standard InChI is InChI=1S/C16H22N4O3.C2H4O2/c17-13(8-4-5-11-22-16(18)21)15-19-14(20-23-15)10-9-12-6-2-1-3-7-12;1-2(3)4/h1-3,6-7,13H,4-5,8-11,17H2,(H2,18,21);1H3,(H,3,4). The highest BCUT2D eigenvalue weighted by Crippen LogP contribution is 2.15. The summed E-state index contributed by atoms with van der Waals surface area (Å²) in [5.74, 6) is 0.278. The maximum atomic E-state index is 10.4. The highest BCUT2D eigenvalue weighted by Gasteiger charge is 2.14. The van der Waals surface area contributed by atoms with Crippen molar-refractivity contribution in [3.05, 3.63) is 47.6 Å². The normalized spacial score (nSPS) is 11.2. The largest absolute Gasteiger partial charge is 0.481 e. The zero-order valence-corrected chi connectivity index (χ0v) is 15.3. The number of aryl methyl sites for hydroxylation is 2. The molecule has 1 aromatic heterocycles. The summed E-state index contributed by atoms with van der Waals surface area (Å²) in [6.07, 6.45) is 2.99. The molecule has 148 valence electrons. The fourth-order valence-electron chi connectivity index (χ4n) is 2.18. The predicted molar refractivity (Wildman–Crippen MR) is 97.8 cm³/mol. The van der Waals surface area contributed by atoms with Crippen molar-refractivity contribution in [1.82, 2.24) is 10.1 Å². The van der Waals surface area contributed by atoms with Crippen molar-refractivity contribution in [2.45, 2.75) is 45.1 Å². The lowest BCUT2D eigenvalue weighted by atomic mass is 10.1. The van der Waals surface area contributed by atoms with E-state index in [1.54, 1.807) is 0 Å². The molecule has 0 fully saturated rings. The third-order valence-electron chi connectivity index (χ3n) is 3.43. The molecule has 0 saturated carbocycles. The van der Waals surface area contributed by atoms with Crippen LogP contribution >= 0.6 is 0 Å². The number of amides is 1. The molecule has 0 aliphatic rings. The van der Waals surface area contributed by atoms with E-state index in [0.29, 0.717) is 37.6 Å². The summed E-state index contributed by atoms with van der Waals surface area (Å²) in [6.45, 7) is 1.38. The molecule has 0 aliphatic heterocycles. The number of carbonyl (C=O) groups excluding carboxylic acids is 1. The highest BCUT2D eigenvalue weighted by atomic mass is 16.5. The maximum Gasteiger partial charge on any atom is 0.404 e. The van der Waals surface area contributed by atoms with Crippen LogP contribution < -0.4 is 11.5 Å². The van der Waals surface area contributed by atoms with Crippen LogP contribution in [0.1, 0.15) is 49.5 Å². The molecule has 27 heavy (non-hydrogen) atoms. The molecule has 1 heterocycles. The van der Waals surface area contributed by atoms with Crippen molar-refractivity contribution in [2.24, 2.45) is 11.5 Å². The average Bonchev–Trinajstić information content (AvgIpc) is 3.09. The lowest BCUT2D eigenvalue weighted by molar-refractivity contribution is -0.134. The summed E-state index contributed by atoms with van der Waals surface area (Å²) < 4.78 is 9.87. The molecule has 9 nitrogen and oxygen atoms in total. The summed E-state index contributed by atoms with van der Waals surface area (Å²) in [5.41, 5.74) is 12.1. The van der Waals surface area contributed by atoms with Gasteiger partial charge in [0.1, 0.15) is 0 Å². The Kier molecular flexibility index (Phi) is 10.2. The molecule has 0 radical (unpaired) electrons. The molecule has 0 bridgehead atoms. The minimum absolute atomic E-state index is 0.300. The number of unbranched alkanes of at least 4 members (excludes halogenated alkanes) is 1. The lowest BCUT2D eigenvalue weighted by Gasteiger charge is -2.06. The number of nitrogens with zero attached hydrogens (tertiary/aromatic N) is 2. The van der Waals surface area contributed by atoms with Gasteiger partial charge in [0.15, 0.2) is 5.82 Å². The number of hydrogen-bond donors (Lipinski definition) is 3. The number of aliphatic carboxylic acids is 1. The first-order chi connectivity index (χ1) is 12.9. The van der Waals surface area contributed by atoms with Gasteiger partial charge in [-0.05, 0) is 31.2 Å². The number of carboxylic acids is 1. The van der Waals surface area contributed by atoms with Crippen LogP contribution in [0.5, 0.6) is 0 Å². The van der Waals surface area contributed by atoms with Gasteiger partial charge < -0.3 is 25.8 Å². The number of benzene rings is 1. The maximum absolute atomic E-state index is 10.4. The second-order valence-corrected chi connectivity index (χ2v) is 5.82. The van der Waals surface area contributed by atoms with Crippen LogP contribution in [0.25, 0.3) is 0 Å². The van der Waals surface area contributed by atoms with Gasteiger partial charge in [0.25, 0.3) is 5.97 Å². The molecule has 2 aromatic rings. The lowest BCUT2D eigenvalue weighted by Crippen LogP contribution is -2.14. The van der Waals surface area contributed by atoms with Crippen LogP contribution in [0.2, 0.25) is 0 Å². The van der Waals surface area contributed by atoms with Crippen molar-refractivity contribution in [1.29, 1.82) is 0 Å². The molecule has 1 atom stereocenters. The van der Waals surface area contributed by atoms with E-state index < -0.39 is 12.1 Å². The van der Waals surface area contributed by atoms with Gasteiger partial charge in [0, 0.05) is 13.3 Å². The summed E-state index contributed by atoms with van der Waals surface area (Å²) in [7, 11) is 0. The number of carboxylic acid groups (broad SMARTS) is 1. The van der Waals surface area contributed by atoms with Crippen molar-refractivity contribution in [3.63, 3.8) is 0 Å². The first-order valence-corrected chi connectivity index (χ1v) is 8.62. The van der Waals surface area contributed by atoms with E-state index in [-0.39, 0.29) is 6.04 Å². The van der Waals surface area contributed by atoms with Crippen molar-refractivity contribution < 1.29 is 24.0 Å². The number of ether oxygens (including phenoxy) is 1. The molecule has 1 amide bonds. The second-order valence-electron chi connectivity index (χ2n) is 5.82. The summed E-state index contributed by atoms with van der Waals surface area (Å²) in [4.78, 5) is 23.8. The van der Waals surface area contributed by atoms with Crippen LogP contribution in [0.4, 0.5) is 4.79 Å². The molecule has 0 saturated heterocycles. The molecule has 1 unspecified atom stereocenters. The monoisotopic (exact) mass is 378 g/mol. The van der Waals surface area contributed by atoms with Gasteiger partial charge in [-0.15, -0.1) is 0 Å². The smallest absolute Gasteiger partial charge is 0.404 e. The Labute approximate surface area is 157 Å². The first-order valence-electron chi connectivity index (χ1n) is 8.62. The number of rotatable bonds is 9. The SMILES string of the molecule is CC(=O)O.NC(=O)OCCCCC(N)c1nc(CCc2ccccc2)no1. The van der Waals surface area contributed by atoms with Crippen molar-refractivity contribution in [2.75, 3.05) is 6.61 Å². The third-order valence-corrected chi connectivity index (χ3v) is 3.43. The predicted octanol–water partition coefficient (Wildman–Crippen LogP) is 2.21. The molecule has 9 heteroatoms. The minimum Gasteiger partial charge on any atom is -0.481 e. The van der Waals surface area contributed by atoms with Gasteiger partial charge in [-0.3, -0.25) is 4.79 Å². The molecule has 5 N–H and O–H groups in total. The van der Waals surface area contributed by atoms with E-state index in [2.05, 4.69) is 27.0 Å². The van der Waals surface area contributed by atoms with Gasteiger partial charge in [-0.25, -0.2) is 4.79 Å². The van der Waals surface area contributed by atoms with Gasteiger partial charge in [0.2, 0.25) is 5.89 Å². The molecular weight excluding hydrogens is 352 g/mol. The Hall–Kier alpha value is -2.94. The minimum atomic E-state index is -0.833. The molecule has 0 spiro atoms. The Morgan fingerprint density at radius 3 is 2.52 bits per heavy atom. The van der Waals surface area contributed by atoms with E-state index in [4.69, 9.17) is 25.9 Å². The zero-order valence-electron chi connectivity index (χ0n) is 15.3. The first kappa shape index (κ1) is 22.1. The molecule has 2 rings (SSSR count). The Balaban J connectivity index is 0.000000828. The molecule has 0 aliphatic carbocycles. The second kappa shape index (κ2) is 12.4. The fraction of sp³-hybridized carbons (Fsp3) is 0.444. The number of aromatic nitrogens is 2. The average molecular weight is 378 g/mol. The van der Waals surface area contributed by atoms with E-state index in [0.717, 1.165) is 19.8 Å². The van der Waals surface area contributed by atoms with Crippen molar-refractivity contribution >= 4 is 12.1 Å². The molecule has 1 aromatic carbocycles. The van der Waals surface area contributed by atoms with E-state index in [1.807, 2.05) is 18.2 Å². The van der Waals surface area contributed by atoms with Crippen LogP contribution in [-0.2, 0) is 22.4 Å². The fourth-order valence-corrected chi connectivity index (χ4v) is 2.18. The topological polar surface area (TPSA) is 155 Å². The van der Waals surface area contributed by atoms with E-state index >= 15 is 0 Å². The number of nitrogens with two attached hydrogens (primary N) is 2. The molecular formula is C18H26N4O5. The quantitative estimate of drug-likeness (QED) is 0.561. The van der Waals surface area contributed by atoms with Gasteiger partial charge in [0.05, 0.1) is 12.6 Å². The number of hydrogen-bond acceptors (Lipinski definition) is 7. The van der Waals surface area contributed by atoms with Gasteiger partial charge >= 0.3 is 6.09 Å².